The van der Waals surface area contributed by atoms with E-state index in [2.05, 4.69) is 6.92 Å². The molecule has 1 atom stereocenters. The molecule has 108 valence electrons. The van der Waals surface area contributed by atoms with Gasteiger partial charge < -0.3 is 19.6 Å². The Balaban J connectivity index is 2.64. The highest BCUT2D eigenvalue weighted by atomic mass is 31.2. The molecule has 1 rings (SSSR count). The Morgan fingerprint density at radius 1 is 1.26 bits per heavy atom. The van der Waals surface area contributed by atoms with Crippen LogP contribution in [0.1, 0.15) is 32.3 Å². The van der Waals surface area contributed by atoms with Crippen LogP contribution in [-0.4, -0.2) is 27.1 Å². The van der Waals surface area contributed by atoms with E-state index in [1.807, 2.05) is 12.1 Å². The van der Waals surface area contributed by atoms with Crippen LogP contribution in [0.25, 0.3) is 0 Å². The minimum absolute atomic E-state index is 0.246. The zero-order chi connectivity index (χ0) is 14.5. The normalized spacial score (nSPS) is 15.0. The summed E-state index contributed by atoms with van der Waals surface area (Å²) in [5.41, 5.74) is 1.14. The van der Waals surface area contributed by atoms with Crippen LogP contribution in [0.3, 0.4) is 0 Å². The molecule has 1 unspecified atom stereocenters. The van der Waals surface area contributed by atoms with Crippen LogP contribution in [0.2, 0.25) is 0 Å². The average Bonchev–Trinajstić information content (AvgIpc) is 2.24. The Hall–Kier alpha value is -0.870. The minimum atomic E-state index is -4.07. The van der Waals surface area contributed by atoms with E-state index in [0.717, 1.165) is 31.7 Å². The monoisotopic (exact) mass is 288 g/mol. The third-order valence-corrected chi connectivity index (χ3v) is 3.98. The summed E-state index contributed by atoms with van der Waals surface area (Å²) < 4.78 is 16.6. The number of hydrogen-bond donors (Lipinski definition) is 3. The van der Waals surface area contributed by atoms with E-state index >= 15 is 0 Å². The van der Waals surface area contributed by atoms with Crippen molar-refractivity contribution >= 4 is 7.60 Å². The fourth-order valence-corrected chi connectivity index (χ4v) is 2.95. The molecule has 0 fully saturated rings. The van der Waals surface area contributed by atoms with Crippen molar-refractivity contribution in [3.05, 3.63) is 29.8 Å². The van der Waals surface area contributed by atoms with Crippen molar-refractivity contribution < 1.29 is 24.2 Å². The summed E-state index contributed by atoms with van der Waals surface area (Å²) in [5, 5.41) is 18.2. The molecule has 0 saturated heterocycles. The highest BCUT2D eigenvalue weighted by molar-refractivity contribution is 7.53. The predicted molar refractivity (Wildman–Crippen MR) is 73.2 cm³/mol. The Morgan fingerprint density at radius 3 is 2.32 bits per heavy atom. The van der Waals surface area contributed by atoms with Gasteiger partial charge in [-0.05, 0) is 37.5 Å². The van der Waals surface area contributed by atoms with E-state index in [-0.39, 0.29) is 5.75 Å². The highest BCUT2D eigenvalue weighted by Gasteiger charge is 2.32. The predicted octanol–water partition coefficient (Wildman–Crippen LogP) is 2.29. The zero-order valence-electron chi connectivity index (χ0n) is 11.2. The number of rotatable bonds is 7. The van der Waals surface area contributed by atoms with E-state index in [1.54, 1.807) is 12.1 Å². The van der Waals surface area contributed by atoms with E-state index in [9.17, 15) is 9.46 Å². The van der Waals surface area contributed by atoms with E-state index in [0.29, 0.717) is 0 Å². The van der Waals surface area contributed by atoms with Gasteiger partial charge in [0.25, 0.3) is 0 Å². The standard InChI is InChI=1S/C13H21O5P/c1-3-4-5-11-6-8-12(9-7-11)18-19(16,17)10-13(2,14)15/h6-9,14-15H,3-5,10H2,1-2H3,(H,16,17). The summed E-state index contributed by atoms with van der Waals surface area (Å²) in [6.45, 7) is 3.15. The summed E-state index contributed by atoms with van der Waals surface area (Å²) in [7, 11) is -4.07. The van der Waals surface area contributed by atoms with Gasteiger partial charge in [0, 0.05) is 0 Å². The molecule has 0 aliphatic rings. The Kier molecular flexibility index (Phi) is 5.56. The Morgan fingerprint density at radius 2 is 1.84 bits per heavy atom. The van der Waals surface area contributed by atoms with Crippen LogP contribution in [0.5, 0.6) is 5.75 Å². The maximum atomic E-state index is 11.7. The molecule has 0 amide bonds. The van der Waals surface area contributed by atoms with Gasteiger partial charge in [-0.2, -0.15) is 0 Å². The molecule has 3 N–H and O–H groups in total. The van der Waals surface area contributed by atoms with Gasteiger partial charge in [-0.15, -0.1) is 0 Å². The van der Waals surface area contributed by atoms with Crippen molar-refractivity contribution in [2.75, 3.05) is 6.16 Å². The third kappa shape index (κ3) is 6.73. The van der Waals surface area contributed by atoms with Crippen molar-refractivity contribution in [3.8, 4) is 5.75 Å². The van der Waals surface area contributed by atoms with Crippen molar-refractivity contribution in [1.82, 2.24) is 0 Å². The summed E-state index contributed by atoms with van der Waals surface area (Å²) in [6.07, 6.45) is 2.41. The van der Waals surface area contributed by atoms with Crippen molar-refractivity contribution in [3.63, 3.8) is 0 Å². The van der Waals surface area contributed by atoms with Crippen molar-refractivity contribution in [1.29, 1.82) is 0 Å². The van der Waals surface area contributed by atoms with Gasteiger partial charge in [-0.1, -0.05) is 25.5 Å². The maximum absolute atomic E-state index is 11.7. The molecular weight excluding hydrogens is 267 g/mol. The molecule has 0 spiro atoms. The Labute approximate surface area is 113 Å². The quantitative estimate of drug-likeness (QED) is 0.529. The maximum Gasteiger partial charge on any atom is 0.382 e. The molecule has 1 aromatic rings. The first-order valence-corrected chi connectivity index (χ1v) is 8.03. The molecule has 0 aliphatic heterocycles. The van der Waals surface area contributed by atoms with Crippen LogP contribution < -0.4 is 4.52 Å². The number of aryl methyl sites for hydroxylation is 1. The molecule has 0 aromatic heterocycles. The van der Waals surface area contributed by atoms with Gasteiger partial charge in [0.15, 0.2) is 5.79 Å². The minimum Gasteiger partial charge on any atom is -0.424 e. The number of benzene rings is 1. The topological polar surface area (TPSA) is 87.0 Å². The van der Waals surface area contributed by atoms with Gasteiger partial charge in [-0.25, -0.2) is 4.57 Å². The van der Waals surface area contributed by atoms with Crippen LogP contribution >= 0.6 is 7.60 Å². The lowest BCUT2D eigenvalue weighted by Gasteiger charge is -2.20. The second-order valence-electron chi connectivity index (χ2n) is 4.85. The fourth-order valence-electron chi connectivity index (χ4n) is 1.67. The van der Waals surface area contributed by atoms with Gasteiger partial charge in [0.05, 0.1) is 0 Å². The molecule has 5 nitrogen and oxygen atoms in total. The number of aliphatic hydroxyl groups is 2. The zero-order valence-corrected chi connectivity index (χ0v) is 12.1. The van der Waals surface area contributed by atoms with E-state index in [4.69, 9.17) is 14.7 Å². The molecule has 0 bridgehead atoms. The molecule has 0 radical (unpaired) electrons. The third-order valence-electron chi connectivity index (χ3n) is 2.49. The lowest BCUT2D eigenvalue weighted by Crippen LogP contribution is -2.28. The van der Waals surface area contributed by atoms with Gasteiger partial charge >= 0.3 is 7.60 Å². The first-order valence-electron chi connectivity index (χ1n) is 6.27. The molecular formula is C13H21O5P. The van der Waals surface area contributed by atoms with Crippen molar-refractivity contribution in [2.45, 2.75) is 38.9 Å². The van der Waals surface area contributed by atoms with Crippen LogP contribution in [0.15, 0.2) is 24.3 Å². The highest BCUT2D eigenvalue weighted by Crippen LogP contribution is 2.44. The van der Waals surface area contributed by atoms with Gasteiger partial charge in [0.2, 0.25) is 0 Å². The molecule has 19 heavy (non-hydrogen) atoms. The van der Waals surface area contributed by atoms with Gasteiger partial charge in [-0.3, -0.25) is 0 Å². The summed E-state index contributed by atoms with van der Waals surface area (Å²) in [5.74, 6) is -1.99. The fraction of sp³-hybridized carbons (Fsp3) is 0.538. The van der Waals surface area contributed by atoms with Crippen molar-refractivity contribution in [2.24, 2.45) is 0 Å². The summed E-state index contributed by atoms with van der Waals surface area (Å²) in [6, 6.07) is 6.89. The summed E-state index contributed by atoms with van der Waals surface area (Å²) in [4.78, 5) is 9.53. The molecule has 6 heteroatoms. The van der Waals surface area contributed by atoms with Crippen LogP contribution in [0.4, 0.5) is 0 Å². The van der Waals surface area contributed by atoms with E-state index < -0.39 is 19.5 Å². The molecule has 0 saturated carbocycles. The second kappa shape index (κ2) is 6.53. The second-order valence-corrected chi connectivity index (χ2v) is 6.63. The largest absolute Gasteiger partial charge is 0.424 e. The number of hydrogen-bond acceptors (Lipinski definition) is 4. The SMILES string of the molecule is CCCCc1ccc(OP(=O)(O)CC(C)(O)O)cc1. The molecule has 0 heterocycles. The molecule has 1 aromatic carbocycles. The molecule has 0 aliphatic carbocycles. The van der Waals surface area contributed by atoms with Crippen LogP contribution in [-0.2, 0) is 11.0 Å². The van der Waals surface area contributed by atoms with Gasteiger partial charge in [0.1, 0.15) is 11.9 Å². The first kappa shape index (κ1) is 16.2. The first-order chi connectivity index (χ1) is 8.72. The van der Waals surface area contributed by atoms with Crippen LogP contribution in [0, 0.1) is 0 Å². The lowest BCUT2D eigenvalue weighted by molar-refractivity contribution is -0.126. The smallest absolute Gasteiger partial charge is 0.382 e. The van der Waals surface area contributed by atoms with E-state index in [1.165, 1.54) is 0 Å². The number of unbranched alkanes of at least 4 members (excludes halogenated alkanes) is 1. The summed E-state index contributed by atoms with van der Waals surface area (Å²) >= 11 is 0. The Bertz CT molecular complexity index is 435. The average molecular weight is 288 g/mol. The lowest BCUT2D eigenvalue weighted by atomic mass is 10.1.